The second-order valence-electron chi connectivity index (χ2n) is 3.95. The maximum Gasteiger partial charge on any atom is -0.00868 e. The summed E-state index contributed by atoms with van der Waals surface area (Å²) in [7, 11) is 0. The first-order valence-corrected chi connectivity index (χ1v) is 5.89. The fraction of sp³-hybridized carbons (Fsp3) is 0.188. The maximum absolute atomic E-state index is 2.32. The van der Waals surface area contributed by atoms with Gasteiger partial charge in [0.15, 0.2) is 0 Å². The van der Waals surface area contributed by atoms with Crippen molar-refractivity contribution in [3.05, 3.63) is 66.6 Å². The van der Waals surface area contributed by atoms with E-state index in [2.05, 4.69) is 67.9 Å². The normalized spacial score (nSPS) is 10.3. The van der Waals surface area contributed by atoms with E-state index in [1.54, 1.807) is 0 Å². The zero-order chi connectivity index (χ0) is 11.2. The molecule has 0 spiro atoms. The van der Waals surface area contributed by atoms with E-state index in [1.807, 2.05) is 0 Å². The lowest BCUT2D eigenvalue weighted by atomic mass is 9.96. The molecule has 0 atom stereocenters. The molecule has 0 unspecified atom stereocenters. The predicted octanol–water partition coefficient (Wildman–Crippen LogP) is 4.71. The number of benzene rings is 2. The summed E-state index contributed by atoms with van der Waals surface area (Å²) in [6.07, 6.45) is 4.66. The summed E-state index contributed by atoms with van der Waals surface area (Å²) in [5.41, 5.74) is 3.97. The number of rotatable bonds is 4. The van der Waals surface area contributed by atoms with Gasteiger partial charge in [0.1, 0.15) is 0 Å². The Hall–Kier alpha value is -1.56. The summed E-state index contributed by atoms with van der Waals surface area (Å²) in [5.74, 6) is 0. The van der Waals surface area contributed by atoms with Crippen LogP contribution >= 0.6 is 0 Å². The van der Waals surface area contributed by atoms with Crippen LogP contribution in [0.1, 0.15) is 25.3 Å². The molecule has 0 heteroatoms. The Labute approximate surface area is 97.9 Å². The Morgan fingerprint density at radius 2 is 1.56 bits per heavy atom. The van der Waals surface area contributed by atoms with Gasteiger partial charge in [-0.15, -0.1) is 0 Å². The first-order chi connectivity index (χ1) is 7.92. The molecule has 0 saturated heterocycles. The minimum Gasteiger partial charge on any atom is -0.0654 e. The van der Waals surface area contributed by atoms with Gasteiger partial charge in [-0.1, -0.05) is 67.9 Å². The first kappa shape index (κ1) is 10.9. The van der Waals surface area contributed by atoms with Crippen LogP contribution in [0.5, 0.6) is 0 Å². The quantitative estimate of drug-likeness (QED) is 0.684. The highest BCUT2D eigenvalue weighted by molar-refractivity contribution is 5.68. The Morgan fingerprint density at radius 3 is 2.31 bits per heavy atom. The van der Waals surface area contributed by atoms with Crippen molar-refractivity contribution in [2.45, 2.75) is 19.8 Å². The number of hydrogen-bond acceptors (Lipinski definition) is 0. The SMILES string of the molecule is CCC[CH]c1ccccc1-c1ccccc1. The topological polar surface area (TPSA) is 0 Å². The van der Waals surface area contributed by atoms with Gasteiger partial charge in [0.05, 0.1) is 0 Å². The predicted molar refractivity (Wildman–Crippen MR) is 70.2 cm³/mol. The van der Waals surface area contributed by atoms with E-state index >= 15 is 0 Å². The van der Waals surface area contributed by atoms with Gasteiger partial charge in [-0.3, -0.25) is 0 Å². The minimum atomic E-state index is 1.14. The van der Waals surface area contributed by atoms with Crippen LogP contribution in [0.2, 0.25) is 0 Å². The van der Waals surface area contributed by atoms with Crippen molar-refractivity contribution in [1.82, 2.24) is 0 Å². The zero-order valence-corrected chi connectivity index (χ0v) is 9.69. The molecule has 0 aliphatic carbocycles. The molecule has 2 aromatic rings. The molecule has 0 bridgehead atoms. The van der Waals surface area contributed by atoms with Crippen molar-refractivity contribution in [2.75, 3.05) is 0 Å². The van der Waals surface area contributed by atoms with Crippen molar-refractivity contribution in [3.8, 4) is 11.1 Å². The maximum atomic E-state index is 2.32. The molecule has 0 aliphatic heterocycles. The average molecular weight is 209 g/mol. The molecule has 16 heavy (non-hydrogen) atoms. The first-order valence-electron chi connectivity index (χ1n) is 5.89. The van der Waals surface area contributed by atoms with Gasteiger partial charge < -0.3 is 0 Å². The summed E-state index contributed by atoms with van der Waals surface area (Å²) in [6, 6.07) is 19.2. The highest BCUT2D eigenvalue weighted by Crippen LogP contribution is 2.25. The second-order valence-corrected chi connectivity index (χ2v) is 3.95. The summed E-state index contributed by atoms with van der Waals surface area (Å²) >= 11 is 0. The van der Waals surface area contributed by atoms with Crippen molar-refractivity contribution in [2.24, 2.45) is 0 Å². The number of unbranched alkanes of at least 4 members (excludes halogenated alkanes) is 1. The van der Waals surface area contributed by atoms with Crippen molar-refractivity contribution in [1.29, 1.82) is 0 Å². The van der Waals surface area contributed by atoms with E-state index in [0.29, 0.717) is 0 Å². The standard InChI is InChI=1S/C16H17/c1-2-3-9-14-12-7-8-13-16(14)15-10-5-4-6-11-15/h4-13H,2-3H2,1H3. The third-order valence-electron chi connectivity index (χ3n) is 2.70. The summed E-state index contributed by atoms with van der Waals surface area (Å²) in [6.45, 7) is 2.21. The Balaban J connectivity index is 2.33. The highest BCUT2D eigenvalue weighted by Gasteiger charge is 2.03. The van der Waals surface area contributed by atoms with Crippen LogP contribution in [-0.4, -0.2) is 0 Å². The van der Waals surface area contributed by atoms with Crippen LogP contribution in [0.25, 0.3) is 11.1 Å². The van der Waals surface area contributed by atoms with Gasteiger partial charge in [0, 0.05) is 0 Å². The van der Waals surface area contributed by atoms with Gasteiger partial charge in [0.2, 0.25) is 0 Å². The van der Waals surface area contributed by atoms with Crippen LogP contribution in [0.3, 0.4) is 0 Å². The molecule has 81 valence electrons. The molecular formula is C16H17. The monoisotopic (exact) mass is 209 g/mol. The molecule has 0 heterocycles. The second kappa shape index (κ2) is 5.50. The van der Waals surface area contributed by atoms with Crippen molar-refractivity contribution < 1.29 is 0 Å². The largest absolute Gasteiger partial charge is 0.0654 e. The Kier molecular flexibility index (Phi) is 3.76. The van der Waals surface area contributed by atoms with E-state index in [1.165, 1.54) is 23.1 Å². The van der Waals surface area contributed by atoms with E-state index in [0.717, 1.165) is 6.42 Å². The lowest BCUT2D eigenvalue weighted by Crippen LogP contribution is -1.87. The summed E-state index contributed by atoms with van der Waals surface area (Å²) < 4.78 is 0. The molecule has 0 N–H and O–H groups in total. The number of hydrogen-bond donors (Lipinski definition) is 0. The molecule has 1 radical (unpaired) electrons. The van der Waals surface area contributed by atoms with Crippen molar-refractivity contribution >= 4 is 0 Å². The molecule has 0 saturated carbocycles. The van der Waals surface area contributed by atoms with E-state index in [4.69, 9.17) is 0 Å². The van der Waals surface area contributed by atoms with Gasteiger partial charge >= 0.3 is 0 Å². The van der Waals surface area contributed by atoms with Gasteiger partial charge in [0.25, 0.3) is 0 Å². The zero-order valence-electron chi connectivity index (χ0n) is 9.69. The molecule has 0 fully saturated rings. The molecule has 0 amide bonds. The molecule has 0 nitrogen and oxygen atoms in total. The van der Waals surface area contributed by atoms with Crippen LogP contribution in [-0.2, 0) is 0 Å². The van der Waals surface area contributed by atoms with Crippen LogP contribution in [0.15, 0.2) is 54.6 Å². The molecule has 2 aromatic carbocycles. The highest BCUT2D eigenvalue weighted by atomic mass is 14.1. The van der Waals surface area contributed by atoms with E-state index in [9.17, 15) is 0 Å². The fourth-order valence-corrected chi connectivity index (χ4v) is 1.86. The van der Waals surface area contributed by atoms with Crippen LogP contribution in [0, 0.1) is 6.42 Å². The Morgan fingerprint density at radius 1 is 0.875 bits per heavy atom. The molecular weight excluding hydrogens is 192 g/mol. The average Bonchev–Trinajstić information content (AvgIpc) is 2.38. The van der Waals surface area contributed by atoms with Gasteiger partial charge in [-0.25, -0.2) is 0 Å². The summed E-state index contributed by atoms with van der Waals surface area (Å²) in [5, 5.41) is 0. The molecule has 2 rings (SSSR count). The lowest BCUT2D eigenvalue weighted by Gasteiger charge is -2.08. The Bertz CT molecular complexity index is 429. The molecule has 0 aromatic heterocycles. The van der Waals surface area contributed by atoms with Crippen molar-refractivity contribution in [3.63, 3.8) is 0 Å². The van der Waals surface area contributed by atoms with Gasteiger partial charge in [-0.05, 0) is 29.5 Å². The minimum absolute atomic E-state index is 1.14. The lowest BCUT2D eigenvalue weighted by molar-refractivity contribution is 0.914. The third-order valence-corrected chi connectivity index (χ3v) is 2.70. The fourth-order valence-electron chi connectivity index (χ4n) is 1.86. The third kappa shape index (κ3) is 2.52. The smallest absolute Gasteiger partial charge is 0.00868 e. The van der Waals surface area contributed by atoms with Crippen LogP contribution < -0.4 is 0 Å². The van der Waals surface area contributed by atoms with E-state index in [-0.39, 0.29) is 0 Å². The summed E-state index contributed by atoms with van der Waals surface area (Å²) in [4.78, 5) is 0. The molecule has 0 aliphatic rings. The van der Waals surface area contributed by atoms with Crippen LogP contribution in [0.4, 0.5) is 0 Å². The van der Waals surface area contributed by atoms with E-state index < -0.39 is 0 Å². The van der Waals surface area contributed by atoms with Gasteiger partial charge in [-0.2, -0.15) is 0 Å².